The second-order valence-electron chi connectivity index (χ2n) is 7.77. The van der Waals surface area contributed by atoms with Gasteiger partial charge in [0.1, 0.15) is 0 Å². The van der Waals surface area contributed by atoms with Crippen molar-refractivity contribution in [1.29, 1.82) is 0 Å². The maximum atomic E-state index is 13.1. The number of aryl methyl sites for hydroxylation is 1. The van der Waals surface area contributed by atoms with Crippen molar-refractivity contribution in [2.75, 3.05) is 18.0 Å². The van der Waals surface area contributed by atoms with Crippen LogP contribution in [-0.2, 0) is 20.1 Å². The van der Waals surface area contributed by atoms with Crippen LogP contribution in [0, 0.1) is 0 Å². The van der Waals surface area contributed by atoms with E-state index in [0.717, 1.165) is 31.9 Å². The first-order valence-electron chi connectivity index (χ1n) is 9.77. The molecule has 0 radical (unpaired) electrons. The topological polar surface area (TPSA) is 77.1 Å². The molecule has 8 nitrogen and oxygen atoms in total. The highest BCUT2D eigenvalue weighted by atomic mass is 16.2. The van der Waals surface area contributed by atoms with Crippen LogP contribution in [0.5, 0.6) is 0 Å². The summed E-state index contributed by atoms with van der Waals surface area (Å²) in [6, 6.07) is 0.885. The van der Waals surface area contributed by atoms with Gasteiger partial charge in [-0.25, -0.2) is 4.79 Å². The predicted molar refractivity (Wildman–Crippen MR) is 106 cm³/mol. The highest BCUT2D eigenvalue weighted by molar-refractivity contribution is 5.75. The summed E-state index contributed by atoms with van der Waals surface area (Å²) in [5, 5.41) is 3.56. The smallest absolute Gasteiger partial charge is 0.332 e. The van der Waals surface area contributed by atoms with Gasteiger partial charge in [0.2, 0.25) is 5.95 Å². The summed E-state index contributed by atoms with van der Waals surface area (Å²) in [4.78, 5) is 32.8. The molecule has 0 aliphatic carbocycles. The van der Waals surface area contributed by atoms with Gasteiger partial charge < -0.3 is 14.8 Å². The number of imidazole rings is 1. The van der Waals surface area contributed by atoms with Crippen LogP contribution in [0.4, 0.5) is 5.95 Å². The molecule has 0 spiro atoms. The summed E-state index contributed by atoms with van der Waals surface area (Å²) < 4.78 is 4.79. The largest absolute Gasteiger partial charge is 0.338 e. The molecular formula is C19H28N6O2. The first-order valence-corrected chi connectivity index (χ1v) is 9.77. The molecule has 0 amide bonds. The minimum absolute atomic E-state index is 0.253. The molecule has 27 heavy (non-hydrogen) atoms. The van der Waals surface area contributed by atoms with Gasteiger partial charge in [0, 0.05) is 38.8 Å². The van der Waals surface area contributed by atoms with Crippen LogP contribution in [-0.4, -0.2) is 43.9 Å². The Morgan fingerprint density at radius 3 is 2.74 bits per heavy atom. The molecule has 1 N–H and O–H groups in total. The summed E-state index contributed by atoms with van der Waals surface area (Å²) in [7, 11) is 1.70. The summed E-state index contributed by atoms with van der Waals surface area (Å²) >= 11 is 0. The normalized spacial score (nSPS) is 21.9. The molecule has 0 bridgehead atoms. The van der Waals surface area contributed by atoms with Crippen molar-refractivity contribution in [3.63, 3.8) is 0 Å². The van der Waals surface area contributed by atoms with Gasteiger partial charge in [0.25, 0.3) is 5.56 Å². The fourth-order valence-electron chi connectivity index (χ4n) is 4.42. The lowest BCUT2D eigenvalue weighted by molar-refractivity contribution is 0.594. The average molecular weight is 372 g/mol. The fourth-order valence-corrected chi connectivity index (χ4v) is 4.42. The molecule has 2 fully saturated rings. The second kappa shape index (κ2) is 6.67. The monoisotopic (exact) mass is 372 g/mol. The quantitative estimate of drug-likeness (QED) is 0.805. The number of rotatable bonds is 4. The van der Waals surface area contributed by atoms with Crippen LogP contribution in [0.25, 0.3) is 11.2 Å². The van der Waals surface area contributed by atoms with Gasteiger partial charge >= 0.3 is 5.69 Å². The van der Waals surface area contributed by atoms with Gasteiger partial charge in [-0.3, -0.25) is 13.9 Å². The molecule has 2 unspecified atom stereocenters. The minimum Gasteiger partial charge on any atom is -0.338 e. The van der Waals surface area contributed by atoms with Crippen molar-refractivity contribution in [1.82, 2.24) is 24.0 Å². The van der Waals surface area contributed by atoms with E-state index in [2.05, 4.69) is 16.3 Å². The lowest BCUT2D eigenvalue weighted by atomic mass is 10.1. The highest BCUT2D eigenvalue weighted by Crippen LogP contribution is 2.31. The van der Waals surface area contributed by atoms with E-state index in [-0.39, 0.29) is 11.2 Å². The third kappa shape index (κ3) is 2.74. The summed E-state index contributed by atoms with van der Waals surface area (Å²) in [5.74, 6) is 0.805. The lowest BCUT2D eigenvalue weighted by Gasteiger charge is -2.25. The predicted octanol–water partition coefficient (Wildman–Crippen LogP) is 0.823. The molecule has 2 atom stereocenters. The maximum Gasteiger partial charge on any atom is 0.332 e. The van der Waals surface area contributed by atoms with Crippen LogP contribution >= 0.6 is 0 Å². The number of fused-ring (bicyclic) bond motifs is 2. The van der Waals surface area contributed by atoms with Gasteiger partial charge in [-0.2, -0.15) is 4.98 Å². The van der Waals surface area contributed by atoms with E-state index in [1.165, 1.54) is 14.7 Å². The van der Waals surface area contributed by atoms with E-state index in [1.54, 1.807) is 7.05 Å². The molecule has 2 aromatic rings. The standard InChI is InChI=1S/C19H28N6O2/c1-5-23-17(26)15-16(22(4)19(23)27)21-18(25(15)10-7-12(2)3)24-11-8-13-14(24)6-9-20-13/h7,13-14,20H,5-6,8-11H2,1-4H3. The number of allylic oxidation sites excluding steroid dienone is 2. The van der Waals surface area contributed by atoms with Gasteiger partial charge in [-0.05, 0) is 40.2 Å². The van der Waals surface area contributed by atoms with Gasteiger partial charge in [-0.1, -0.05) is 11.6 Å². The van der Waals surface area contributed by atoms with Crippen molar-refractivity contribution >= 4 is 17.1 Å². The molecule has 4 rings (SSSR count). The maximum absolute atomic E-state index is 13.1. The summed E-state index contributed by atoms with van der Waals surface area (Å²) in [6.07, 6.45) is 4.26. The van der Waals surface area contributed by atoms with E-state index in [0.29, 0.717) is 36.3 Å². The zero-order valence-electron chi connectivity index (χ0n) is 16.5. The van der Waals surface area contributed by atoms with Crippen LogP contribution in [0.2, 0.25) is 0 Å². The van der Waals surface area contributed by atoms with E-state index in [4.69, 9.17) is 4.98 Å². The fraction of sp³-hybridized carbons (Fsp3) is 0.632. The number of hydrogen-bond donors (Lipinski definition) is 1. The SMILES string of the molecule is CCn1c(=O)c2c(nc(N3CCC4NCCC43)n2CC=C(C)C)n(C)c1=O. The van der Waals surface area contributed by atoms with E-state index >= 15 is 0 Å². The first-order chi connectivity index (χ1) is 12.9. The second-order valence-corrected chi connectivity index (χ2v) is 7.77. The van der Waals surface area contributed by atoms with E-state index in [9.17, 15) is 9.59 Å². The third-order valence-electron chi connectivity index (χ3n) is 5.86. The molecule has 146 valence electrons. The molecule has 2 aliphatic heterocycles. The first kappa shape index (κ1) is 18.0. The third-order valence-corrected chi connectivity index (χ3v) is 5.86. The number of anilines is 1. The molecule has 2 aromatic heterocycles. The van der Waals surface area contributed by atoms with Crippen molar-refractivity contribution in [2.24, 2.45) is 7.05 Å². The highest BCUT2D eigenvalue weighted by Gasteiger charge is 2.39. The van der Waals surface area contributed by atoms with Crippen molar-refractivity contribution < 1.29 is 0 Å². The number of nitrogens with one attached hydrogen (secondary N) is 1. The Hall–Kier alpha value is -2.35. The Bertz CT molecular complexity index is 1020. The van der Waals surface area contributed by atoms with Crippen LogP contribution < -0.4 is 21.5 Å². The number of nitrogens with zero attached hydrogens (tertiary/aromatic N) is 5. The Kier molecular flexibility index (Phi) is 4.46. The van der Waals surface area contributed by atoms with E-state index in [1.807, 2.05) is 25.3 Å². The Morgan fingerprint density at radius 2 is 2.04 bits per heavy atom. The molecule has 0 saturated carbocycles. The summed E-state index contributed by atoms with van der Waals surface area (Å²) in [5.41, 5.74) is 1.61. The van der Waals surface area contributed by atoms with Crippen molar-refractivity contribution in [3.8, 4) is 0 Å². The Balaban J connectivity index is 1.98. The lowest BCUT2D eigenvalue weighted by Crippen LogP contribution is -2.39. The van der Waals surface area contributed by atoms with Crippen molar-refractivity contribution in [3.05, 3.63) is 32.5 Å². The van der Waals surface area contributed by atoms with Crippen molar-refractivity contribution in [2.45, 2.75) is 58.8 Å². The minimum atomic E-state index is -0.310. The molecule has 2 saturated heterocycles. The molecule has 8 heteroatoms. The Morgan fingerprint density at radius 1 is 1.26 bits per heavy atom. The van der Waals surface area contributed by atoms with Gasteiger partial charge in [0.05, 0.1) is 0 Å². The average Bonchev–Trinajstić information content (AvgIpc) is 3.32. The summed E-state index contributed by atoms with van der Waals surface area (Å²) in [6.45, 7) is 8.77. The Labute approximate surface area is 158 Å². The molecule has 4 heterocycles. The molecular weight excluding hydrogens is 344 g/mol. The van der Waals surface area contributed by atoms with Crippen LogP contribution in [0.3, 0.4) is 0 Å². The van der Waals surface area contributed by atoms with E-state index < -0.39 is 0 Å². The zero-order valence-corrected chi connectivity index (χ0v) is 16.5. The van der Waals surface area contributed by atoms with Crippen LogP contribution in [0.1, 0.15) is 33.6 Å². The molecule has 0 aromatic carbocycles. The number of hydrogen-bond acceptors (Lipinski definition) is 5. The number of aromatic nitrogens is 4. The van der Waals surface area contributed by atoms with Crippen LogP contribution in [0.15, 0.2) is 21.2 Å². The zero-order chi connectivity index (χ0) is 19.3. The van der Waals surface area contributed by atoms with Gasteiger partial charge in [0.15, 0.2) is 11.2 Å². The van der Waals surface area contributed by atoms with Gasteiger partial charge in [-0.15, -0.1) is 0 Å². The molecule has 2 aliphatic rings.